The van der Waals surface area contributed by atoms with Crippen LogP contribution in [0.4, 0.5) is 5.69 Å². The van der Waals surface area contributed by atoms with Gasteiger partial charge in [0.2, 0.25) is 0 Å². The number of hydrogen-bond acceptors (Lipinski definition) is 4. The molecule has 0 saturated heterocycles. The molecule has 5 nitrogen and oxygen atoms in total. The normalized spacial score (nSPS) is 11.0. The Bertz CT molecular complexity index is 1310. The van der Waals surface area contributed by atoms with Gasteiger partial charge in [-0.15, -0.1) is 0 Å². The summed E-state index contributed by atoms with van der Waals surface area (Å²) in [6.45, 7) is 2.59. The summed E-state index contributed by atoms with van der Waals surface area (Å²) >= 11 is 7.17. The molecule has 4 aromatic rings. The van der Waals surface area contributed by atoms with E-state index >= 15 is 0 Å². The Labute approximate surface area is 215 Å². The number of nitrogens with one attached hydrogen (secondary N) is 2. The molecule has 0 aliphatic rings. The molecule has 0 radical (unpaired) electrons. The average Bonchev–Trinajstić information content (AvgIpc) is 2.83. The molecule has 7 heteroatoms. The van der Waals surface area contributed by atoms with E-state index in [9.17, 15) is 4.79 Å². The number of carbonyl (C=O) groups excluding carboxylic acids is 1. The summed E-state index contributed by atoms with van der Waals surface area (Å²) < 4.78 is 7.70. The minimum absolute atomic E-state index is 0.134. The predicted molar refractivity (Wildman–Crippen MR) is 146 cm³/mol. The summed E-state index contributed by atoms with van der Waals surface area (Å²) in [5.74, 6) is 0.474. The van der Waals surface area contributed by atoms with Crippen molar-refractivity contribution in [2.45, 2.75) is 13.5 Å². The van der Waals surface area contributed by atoms with Crippen LogP contribution in [0.25, 0.3) is 10.8 Å². The van der Waals surface area contributed by atoms with Gasteiger partial charge in [-0.1, -0.05) is 60.2 Å². The van der Waals surface area contributed by atoms with Crippen molar-refractivity contribution in [1.29, 1.82) is 0 Å². The first kappa shape index (κ1) is 24.0. The highest BCUT2D eigenvalue weighted by molar-refractivity contribution is 9.11. The maximum atomic E-state index is 12.0. The highest BCUT2D eigenvalue weighted by Crippen LogP contribution is 2.35. The van der Waals surface area contributed by atoms with Gasteiger partial charge < -0.3 is 10.1 Å². The molecular formula is C27H23Br2N3O2. The Kier molecular flexibility index (Phi) is 7.98. The molecule has 4 aromatic carbocycles. The molecule has 0 fully saturated rings. The van der Waals surface area contributed by atoms with Crippen molar-refractivity contribution in [3.8, 4) is 5.75 Å². The lowest BCUT2D eigenvalue weighted by molar-refractivity contribution is -0.119. The first-order valence-corrected chi connectivity index (χ1v) is 12.3. The number of benzene rings is 4. The zero-order valence-electron chi connectivity index (χ0n) is 18.5. The third-order valence-corrected chi connectivity index (χ3v) is 6.36. The minimum atomic E-state index is -0.231. The number of rotatable bonds is 8. The number of carbonyl (C=O) groups is 1. The lowest BCUT2D eigenvalue weighted by Crippen LogP contribution is -2.25. The maximum Gasteiger partial charge on any atom is 0.259 e. The van der Waals surface area contributed by atoms with Gasteiger partial charge >= 0.3 is 0 Å². The first-order valence-electron chi connectivity index (χ1n) is 10.7. The lowest BCUT2D eigenvalue weighted by atomic mass is 10.1. The van der Waals surface area contributed by atoms with Crippen molar-refractivity contribution in [3.05, 3.63) is 104 Å². The minimum Gasteiger partial charge on any atom is -0.487 e. The van der Waals surface area contributed by atoms with Gasteiger partial charge in [-0.2, -0.15) is 5.10 Å². The fourth-order valence-corrected chi connectivity index (χ4v) is 4.88. The number of aryl methyl sites for hydroxylation is 1. The smallest absolute Gasteiger partial charge is 0.259 e. The van der Waals surface area contributed by atoms with E-state index in [1.54, 1.807) is 6.21 Å². The van der Waals surface area contributed by atoms with Gasteiger partial charge in [0.15, 0.2) is 0 Å². The fourth-order valence-electron chi connectivity index (χ4n) is 3.43. The van der Waals surface area contributed by atoms with E-state index in [1.165, 1.54) is 16.3 Å². The van der Waals surface area contributed by atoms with Crippen molar-refractivity contribution in [2.24, 2.45) is 5.10 Å². The Morgan fingerprint density at radius 1 is 0.971 bits per heavy atom. The zero-order chi connectivity index (χ0) is 23.9. The monoisotopic (exact) mass is 579 g/mol. The second-order valence-corrected chi connectivity index (χ2v) is 9.46. The number of amides is 1. The Morgan fingerprint density at radius 3 is 2.44 bits per heavy atom. The van der Waals surface area contributed by atoms with Crippen molar-refractivity contribution < 1.29 is 9.53 Å². The van der Waals surface area contributed by atoms with E-state index in [2.05, 4.69) is 72.0 Å². The molecule has 0 aliphatic heterocycles. The molecule has 0 bridgehead atoms. The summed E-state index contributed by atoms with van der Waals surface area (Å²) in [5.41, 5.74) is 6.51. The molecule has 0 unspecified atom stereocenters. The molecule has 4 rings (SSSR count). The fraction of sp³-hybridized carbons (Fsp3) is 0.111. The Hall–Kier alpha value is -3.16. The number of hydrazone groups is 1. The SMILES string of the molecule is Cc1ccc(NCC(=O)N/N=C\c2cc(Br)c(OCc3cccc4ccccc34)c(Br)c2)cc1. The van der Waals surface area contributed by atoms with Crippen molar-refractivity contribution in [3.63, 3.8) is 0 Å². The van der Waals surface area contributed by atoms with E-state index in [-0.39, 0.29) is 12.5 Å². The van der Waals surface area contributed by atoms with Crippen LogP contribution in [0, 0.1) is 6.92 Å². The topological polar surface area (TPSA) is 62.7 Å². The number of hydrogen-bond donors (Lipinski definition) is 2. The Morgan fingerprint density at radius 2 is 1.68 bits per heavy atom. The van der Waals surface area contributed by atoms with Crippen LogP contribution in [0.3, 0.4) is 0 Å². The van der Waals surface area contributed by atoms with Crippen molar-refractivity contribution in [1.82, 2.24) is 5.43 Å². The highest BCUT2D eigenvalue weighted by atomic mass is 79.9. The summed E-state index contributed by atoms with van der Waals surface area (Å²) in [5, 5.41) is 9.49. The number of ether oxygens (including phenoxy) is 1. The van der Waals surface area contributed by atoms with Crippen LogP contribution in [-0.2, 0) is 11.4 Å². The van der Waals surface area contributed by atoms with Gasteiger partial charge in [-0.25, -0.2) is 5.43 Å². The second-order valence-electron chi connectivity index (χ2n) is 7.75. The lowest BCUT2D eigenvalue weighted by Gasteiger charge is -2.13. The van der Waals surface area contributed by atoms with Gasteiger partial charge in [0.25, 0.3) is 5.91 Å². The molecule has 1 amide bonds. The third-order valence-electron chi connectivity index (χ3n) is 5.18. The predicted octanol–water partition coefficient (Wildman–Crippen LogP) is 6.81. The van der Waals surface area contributed by atoms with Gasteiger partial charge in [-0.3, -0.25) is 4.79 Å². The van der Waals surface area contributed by atoms with Gasteiger partial charge in [0.05, 0.1) is 21.7 Å². The molecule has 0 saturated carbocycles. The highest BCUT2D eigenvalue weighted by Gasteiger charge is 2.10. The summed E-state index contributed by atoms with van der Waals surface area (Å²) in [6, 6.07) is 26.1. The number of halogens is 2. The molecule has 0 atom stereocenters. The summed E-state index contributed by atoms with van der Waals surface area (Å²) in [7, 11) is 0. The number of anilines is 1. The van der Waals surface area contributed by atoms with Crippen molar-refractivity contribution in [2.75, 3.05) is 11.9 Å². The van der Waals surface area contributed by atoms with Gasteiger partial charge in [0, 0.05) is 5.69 Å². The van der Waals surface area contributed by atoms with E-state index in [0.29, 0.717) is 12.4 Å². The van der Waals surface area contributed by atoms with Crippen molar-refractivity contribution >= 4 is 60.4 Å². The van der Waals surface area contributed by atoms with Crippen LogP contribution in [0.15, 0.2) is 92.9 Å². The summed E-state index contributed by atoms with van der Waals surface area (Å²) in [6.07, 6.45) is 1.59. The molecule has 34 heavy (non-hydrogen) atoms. The molecular weight excluding hydrogens is 558 g/mol. The molecule has 0 aromatic heterocycles. The van der Waals surface area contributed by atoms with E-state index in [1.807, 2.05) is 61.5 Å². The van der Waals surface area contributed by atoms with Crippen LogP contribution in [0.5, 0.6) is 5.75 Å². The largest absolute Gasteiger partial charge is 0.487 e. The van der Waals surface area contributed by atoms with Gasteiger partial charge in [0.1, 0.15) is 12.4 Å². The molecule has 2 N–H and O–H groups in total. The van der Waals surface area contributed by atoms with E-state index in [0.717, 1.165) is 25.8 Å². The van der Waals surface area contributed by atoms with Crippen LogP contribution in [-0.4, -0.2) is 18.7 Å². The maximum absolute atomic E-state index is 12.0. The van der Waals surface area contributed by atoms with Gasteiger partial charge in [-0.05, 0) is 84.9 Å². The number of fused-ring (bicyclic) bond motifs is 1. The molecule has 0 heterocycles. The zero-order valence-corrected chi connectivity index (χ0v) is 21.7. The Balaban J connectivity index is 1.34. The standard InChI is InChI=1S/C27H23Br2N3O2/c1-18-9-11-22(12-10-18)30-16-26(33)32-31-15-19-13-24(28)27(25(29)14-19)34-17-21-7-4-6-20-5-2-3-8-23(20)21/h2-15,30H,16-17H2,1H3,(H,32,33)/b31-15-. The van der Waals surface area contributed by atoms with Crippen LogP contribution in [0.1, 0.15) is 16.7 Å². The quantitative estimate of drug-likeness (QED) is 0.178. The second kappa shape index (κ2) is 11.3. The molecule has 0 aliphatic carbocycles. The third kappa shape index (κ3) is 6.24. The van der Waals surface area contributed by atoms with Crippen LogP contribution < -0.4 is 15.5 Å². The number of nitrogens with zero attached hydrogens (tertiary/aromatic N) is 1. The first-order chi connectivity index (χ1) is 16.5. The average molecular weight is 581 g/mol. The van der Waals surface area contributed by atoms with E-state index in [4.69, 9.17) is 4.74 Å². The van der Waals surface area contributed by atoms with Crippen LogP contribution in [0.2, 0.25) is 0 Å². The molecule has 172 valence electrons. The van der Waals surface area contributed by atoms with Crippen LogP contribution >= 0.6 is 31.9 Å². The molecule has 0 spiro atoms. The summed E-state index contributed by atoms with van der Waals surface area (Å²) in [4.78, 5) is 12.0. The van der Waals surface area contributed by atoms with E-state index < -0.39 is 0 Å².